The number of nitrogens with two attached hydrogens (primary N) is 1. The quantitative estimate of drug-likeness (QED) is 0.769. The summed E-state index contributed by atoms with van der Waals surface area (Å²) in [7, 11) is 0. The van der Waals surface area contributed by atoms with E-state index in [-0.39, 0.29) is 11.3 Å². The Kier molecular flexibility index (Phi) is 4.78. The van der Waals surface area contributed by atoms with E-state index in [2.05, 4.69) is 26.1 Å². The molecule has 1 fully saturated rings. The van der Waals surface area contributed by atoms with Crippen molar-refractivity contribution >= 4 is 5.91 Å². The summed E-state index contributed by atoms with van der Waals surface area (Å²) in [6.07, 6.45) is 4.32. The minimum Gasteiger partial charge on any atom is -0.356 e. The predicted octanol–water partition coefficient (Wildman–Crippen LogP) is 1.91. The normalized spacial score (nSPS) is 25.8. The molecule has 3 nitrogen and oxygen atoms in total. The summed E-state index contributed by atoms with van der Waals surface area (Å²) in [6.45, 7) is 7.84. The lowest BCUT2D eigenvalue weighted by Gasteiger charge is -2.21. The first-order valence-corrected chi connectivity index (χ1v) is 6.39. The van der Waals surface area contributed by atoms with Gasteiger partial charge in [0, 0.05) is 13.0 Å². The van der Waals surface area contributed by atoms with Gasteiger partial charge in [0.2, 0.25) is 5.91 Å². The van der Waals surface area contributed by atoms with Crippen LogP contribution in [0.25, 0.3) is 0 Å². The van der Waals surface area contributed by atoms with Crippen molar-refractivity contribution in [2.75, 3.05) is 13.1 Å². The molecule has 2 atom stereocenters. The van der Waals surface area contributed by atoms with Crippen molar-refractivity contribution in [2.45, 2.75) is 46.5 Å². The van der Waals surface area contributed by atoms with Gasteiger partial charge in [-0.2, -0.15) is 0 Å². The molecule has 0 aromatic heterocycles. The van der Waals surface area contributed by atoms with Gasteiger partial charge in [-0.25, -0.2) is 0 Å². The van der Waals surface area contributed by atoms with E-state index in [1.807, 2.05) is 0 Å². The van der Waals surface area contributed by atoms with E-state index >= 15 is 0 Å². The SMILES string of the molecule is CC(C)(C)CC(=O)NCC1CCCC1CN. The average molecular weight is 226 g/mol. The van der Waals surface area contributed by atoms with Crippen LogP contribution in [-0.2, 0) is 4.79 Å². The Balaban J connectivity index is 2.26. The maximum atomic E-state index is 11.7. The summed E-state index contributed by atoms with van der Waals surface area (Å²) in [5.41, 5.74) is 5.80. The van der Waals surface area contributed by atoms with Crippen molar-refractivity contribution in [3.05, 3.63) is 0 Å². The Labute approximate surface area is 99.2 Å². The van der Waals surface area contributed by atoms with Crippen LogP contribution in [0, 0.1) is 17.3 Å². The average Bonchev–Trinajstić information content (AvgIpc) is 2.59. The molecule has 0 heterocycles. The molecular formula is C13H26N2O. The zero-order valence-electron chi connectivity index (χ0n) is 10.9. The van der Waals surface area contributed by atoms with Gasteiger partial charge < -0.3 is 11.1 Å². The highest BCUT2D eigenvalue weighted by Crippen LogP contribution is 2.30. The van der Waals surface area contributed by atoms with Crippen LogP contribution in [0.1, 0.15) is 46.5 Å². The molecule has 16 heavy (non-hydrogen) atoms. The monoisotopic (exact) mass is 226 g/mol. The lowest BCUT2D eigenvalue weighted by Crippen LogP contribution is -2.34. The second-order valence-electron chi connectivity index (χ2n) is 6.23. The van der Waals surface area contributed by atoms with Crippen LogP contribution in [-0.4, -0.2) is 19.0 Å². The fourth-order valence-corrected chi connectivity index (χ4v) is 2.48. The molecule has 0 bridgehead atoms. The molecule has 94 valence electrons. The van der Waals surface area contributed by atoms with Gasteiger partial charge >= 0.3 is 0 Å². The molecule has 0 aromatic carbocycles. The van der Waals surface area contributed by atoms with Crippen molar-refractivity contribution in [3.8, 4) is 0 Å². The number of carbonyl (C=O) groups excluding carboxylic acids is 1. The van der Waals surface area contributed by atoms with Gasteiger partial charge in [-0.05, 0) is 36.6 Å². The van der Waals surface area contributed by atoms with Crippen molar-refractivity contribution in [1.82, 2.24) is 5.32 Å². The van der Waals surface area contributed by atoms with Gasteiger partial charge in [-0.3, -0.25) is 4.79 Å². The highest BCUT2D eigenvalue weighted by Gasteiger charge is 2.26. The lowest BCUT2D eigenvalue weighted by molar-refractivity contribution is -0.123. The largest absolute Gasteiger partial charge is 0.356 e. The smallest absolute Gasteiger partial charge is 0.220 e. The summed E-state index contributed by atoms with van der Waals surface area (Å²) < 4.78 is 0. The van der Waals surface area contributed by atoms with Crippen LogP contribution in [0.3, 0.4) is 0 Å². The second-order valence-corrected chi connectivity index (χ2v) is 6.23. The summed E-state index contributed by atoms with van der Waals surface area (Å²) in [5.74, 6) is 1.40. The van der Waals surface area contributed by atoms with E-state index in [0.717, 1.165) is 13.1 Å². The van der Waals surface area contributed by atoms with Gasteiger partial charge in [0.05, 0.1) is 0 Å². The summed E-state index contributed by atoms with van der Waals surface area (Å²) in [6, 6.07) is 0. The molecule has 0 radical (unpaired) electrons. The van der Waals surface area contributed by atoms with Crippen LogP contribution in [0.4, 0.5) is 0 Å². The molecule has 3 N–H and O–H groups in total. The van der Waals surface area contributed by atoms with Gasteiger partial charge in [0.1, 0.15) is 0 Å². The van der Waals surface area contributed by atoms with E-state index in [1.54, 1.807) is 0 Å². The Hall–Kier alpha value is -0.570. The fraction of sp³-hybridized carbons (Fsp3) is 0.923. The summed E-state index contributed by atoms with van der Waals surface area (Å²) >= 11 is 0. The van der Waals surface area contributed by atoms with E-state index in [9.17, 15) is 4.79 Å². The maximum absolute atomic E-state index is 11.7. The Bertz CT molecular complexity index is 233. The molecule has 0 aliphatic heterocycles. The third kappa shape index (κ3) is 4.52. The molecule has 1 amide bonds. The van der Waals surface area contributed by atoms with E-state index in [1.165, 1.54) is 19.3 Å². The Morgan fingerprint density at radius 1 is 1.31 bits per heavy atom. The van der Waals surface area contributed by atoms with Gasteiger partial charge in [0.25, 0.3) is 0 Å². The van der Waals surface area contributed by atoms with Gasteiger partial charge in [0.15, 0.2) is 0 Å². The number of amides is 1. The summed E-state index contributed by atoms with van der Waals surface area (Å²) in [5, 5.41) is 3.05. The first kappa shape index (κ1) is 13.5. The number of hydrogen-bond acceptors (Lipinski definition) is 2. The van der Waals surface area contributed by atoms with Crippen LogP contribution in [0.15, 0.2) is 0 Å². The van der Waals surface area contributed by atoms with Crippen molar-refractivity contribution in [2.24, 2.45) is 23.0 Å². The molecule has 0 spiro atoms. The molecule has 3 heteroatoms. The minimum absolute atomic E-state index is 0.0764. The van der Waals surface area contributed by atoms with Crippen molar-refractivity contribution in [1.29, 1.82) is 0 Å². The summed E-state index contributed by atoms with van der Waals surface area (Å²) in [4.78, 5) is 11.7. The van der Waals surface area contributed by atoms with Crippen LogP contribution in [0.2, 0.25) is 0 Å². The lowest BCUT2D eigenvalue weighted by atomic mass is 9.91. The molecule has 1 aliphatic rings. The minimum atomic E-state index is 0.0764. The highest BCUT2D eigenvalue weighted by molar-refractivity contribution is 5.76. The van der Waals surface area contributed by atoms with Crippen molar-refractivity contribution < 1.29 is 4.79 Å². The van der Waals surface area contributed by atoms with Crippen LogP contribution >= 0.6 is 0 Å². The zero-order valence-corrected chi connectivity index (χ0v) is 10.9. The highest BCUT2D eigenvalue weighted by atomic mass is 16.1. The first-order chi connectivity index (χ1) is 7.42. The maximum Gasteiger partial charge on any atom is 0.220 e. The topological polar surface area (TPSA) is 55.1 Å². The van der Waals surface area contributed by atoms with E-state index in [4.69, 9.17) is 5.73 Å². The van der Waals surface area contributed by atoms with Crippen LogP contribution < -0.4 is 11.1 Å². The molecule has 1 aliphatic carbocycles. The standard InChI is InChI=1S/C13H26N2O/c1-13(2,3)7-12(16)15-9-11-6-4-5-10(11)8-14/h10-11H,4-9,14H2,1-3H3,(H,15,16). The Morgan fingerprint density at radius 3 is 2.50 bits per heavy atom. The number of hydrogen-bond donors (Lipinski definition) is 2. The molecule has 2 unspecified atom stereocenters. The number of carbonyl (C=O) groups is 1. The molecule has 1 saturated carbocycles. The molecular weight excluding hydrogens is 200 g/mol. The van der Waals surface area contributed by atoms with Crippen LogP contribution in [0.5, 0.6) is 0 Å². The van der Waals surface area contributed by atoms with Gasteiger partial charge in [-0.1, -0.05) is 27.2 Å². The third-order valence-electron chi connectivity index (χ3n) is 3.37. The second kappa shape index (κ2) is 5.67. The van der Waals surface area contributed by atoms with Gasteiger partial charge in [-0.15, -0.1) is 0 Å². The molecule has 0 aromatic rings. The Morgan fingerprint density at radius 2 is 1.94 bits per heavy atom. The molecule has 0 saturated heterocycles. The predicted molar refractivity (Wildman–Crippen MR) is 67.0 cm³/mol. The fourth-order valence-electron chi connectivity index (χ4n) is 2.48. The third-order valence-corrected chi connectivity index (χ3v) is 3.37. The van der Waals surface area contributed by atoms with Crippen molar-refractivity contribution in [3.63, 3.8) is 0 Å². The number of nitrogens with one attached hydrogen (secondary N) is 1. The molecule has 1 rings (SSSR count). The number of rotatable bonds is 4. The van der Waals surface area contributed by atoms with E-state index < -0.39 is 0 Å². The zero-order chi connectivity index (χ0) is 12.2. The van der Waals surface area contributed by atoms with E-state index in [0.29, 0.717) is 18.3 Å². The first-order valence-electron chi connectivity index (χ1n) is 6.39.